The lowest BCUT2D eigenvalue weighted by Crippen LogP contribution is -2.42. The van der Waals surface area contributed by atoms with Gasteiger partial charge in [0.05, 0.1) is 6.10 Å². The maximum Gasteiger partial charge on any atom is 0.323 e. The van der Waals surface area contributed by atoms with Crippen molar-refractivity contribution < 1.29 is 28.9 Å². The number of esters is 1. The van der Waals surface area contributed by atoms with E-state index in [2.05, 4.69) is 52.9 Å². The number of carbonyl (C=O) groups is 2. The largest absolute Gasteiger partial charge is 0.489 e. The number of ether oxygens (including phenoxy) is 3. The maximum atomic E-state index is 12.8. The van der Waals surface area contributed by atoms with Crippen molar-refractivity contribution in [2.75, 3.05) is 4.43 Å². The van der Waals surface area contributed by atoms with Crippen molar-refractivity contribution >= 4 is 34.5 Å². The summed E-state index contributed by atoms with van der Waals surface area (Å²) >= 11 is 2.39. The van der Waals surface area contributed by atoms with Gasteiger partial charge in [0.15, 0.2) is 5.41 Å². The molecule has 0 aliphatic rings. The Morgan fingerprint density at radius 2 is 1.19 bits per heavy atom. The summed E-state index contributed by atoms with van der Waals surface area (Å²) in [7, 11) is 0. The number of benzene rings is 4. The first-order valence-electron chi connectivity index (χ1n) is 16.3. The second-order valence-corrected chi connectivity index (χ2v) is 12.6. The van der Waals surface area contributed by atoms with Crippen LogP contribution in [0.2, 0.25) is 0 Å². The smallest absolute Gasteiger partial charge is 0.323 e. The van der Waals surface area contributed by atoms with Crippen molar-refractivity contribution in [2.24, 2.45) is 5.41 Å². The fourth-order valence-electron chi connectivity index (χ4n) is 4.97. The summed E-state index contributed by atoms with van der Waals surface area (Å²) in [5, 5.41) is 9.93. The standard InChI is InChI=1S/C25H32O5.C15H15IO/c1-4-15-25(23(26)27,24(28)30-19(3)5-2)16-14-20-12-9-13-22(17-20)29-18-21-10-7-6-8-11-21;16-10-9-13-7-4-8-15(11-13)17-12-14-5-2-1-3-6-14/h6-13,17,19H,4-5,14-16,18H2,1-3H3,(H,26,27);1-8,11H,9-10,12H2. The van der Waals surface area contributed by atoms with Crippen LogP contribution in [0, 0.1) is 5.41 Å². The van der Waals surface area contributed by atoms with Crippen molar-refractivity contribution in [3.63, 3.8) is 0 Å². The molecule has 0 saturated carbocycles. The Kier molecular flexibility index (Phi) is 16.3. The second kappa shape index (κ2) is 20.4. The van der Waals surface area contributed by atoms with Gasteiger partial charge >= 0.3 is 11.9 Å². The SMILES string of the molecule is CCCC(CCc1cccc(OCc2ccccc2)c1)(C(=O)O)C(=O)OC(C)CC.ICCc1cccc(OCc2ccccc2)c1. The highest BCUT2D eigenvalue weighted by atomic mass is 127. The van der Waals surface area contributed by atoms with Crippen LogP contribution in [0.15, 0.2) is 109 Å². The van der Waals surface area contributed by atoms with E-state index in [9.17, 15) is 14.7 Å². The highest BCUT2D eigenvalue weighted by Gasteiger charge is 2.47. The third-order valence-electron chi connectivity index (χ3n) is 7.88. The molecular weight excluding hydrogens is 703 g/mol. The van der Waals surface area contributed by atoms with E-state index in [1.807, 2.05) is 92.7 Å². The van der Waals surface area contributed by atoms with Gasteiger partial charge in [-0.25, -0.2) is 0 Å². The van der Waals surface area contributed by atoms with Crippen LogP contribution >= 0.6 is 22.6 Å². The topological polar surface area (TPSA) is 82.1 Å². The van der Waals surface area contributed by atoms with Crippen LogP contribution in [0.3, 0.4) is 0 Å². The number of aryl methyl sites for hydroxylation is 2. The molecule has 0 saturated heterocycles. The number of hydrogen-bond acceptors (Lipinski definition) is 5. The first-order valence-corrected chi connectivity index (χ1v) is 17.8. The average molecular weight is 751 g/mol. The van der Waals surface area contributed by atoms with E-state index in [4.69, 9.17) is 14.2 Å². The number of carboxylic acid groups (broad SMARTS) is 1. The van der Waals surface area contributed by atoms with E-state index in [1.165, 1.54) is 11.1 Å². The molecular formula is C40H47IO6. The molecule has 2 unspecified atom stereocenters. The van der Waals surface area contributed by atoms with E-state index in [0.29, 0.717) is 32.5 Å². The Labute approximate surface area is 293 Å². The fraction of sp³-hybridized carbons (Fsp3) is 0.350. The molecule has 0 aromatic heterocycles. The molecule has 7 heteroatoms. The van der Waals surface area contributed by atoms with Crippen molar-refractivity contribution in [3.8, 4) is 11.5 Å². The molecule has 0 amide bonds. The Bertz CT molecular complexity index is 1490. The lowest BCUT2D eigenvalue weighted by molar-refractivity contribution is -0.173. The minimum atomic E-state index is -1.53. The zero-order valence-corrected chi connectivity index (χ0v) is 29.9. The molecule has 47 heavy (non-hydrogen) atoms. The van der Waals surface area contributed by atoms with Gasteiger partial charge in [0.25, 0.3) is 0 Å². The monoisotopic (exact) mass is 750 g/mol. The normalized spacial score (nSPS) is 12.5. The average Bonchev–Trinajstić information content (AvgIpc) is 3.10. The number of rotatable bonds is 17. The molecule has 0 aliphatic carbocycles. The van der Waals surface area contributed by atoms with Gasteiger partial charge < -0.3 is 19.3 Å². The van der Waals surface area contributed by atoms with Crippen molar-refractivity contribution in [1.82, 2.24) is 0 Å². The van der Waals surface area contributed by atoms with Gasteiger partial charge in [-0.15, -0.1) is 0 Å². The molecule has 0 fully saturated rings. The van der Waals surface area contributed by atoms with Crippen molar-refractivity contribution in [1.29, 1.82) is 0 Å². The number of aliphatic carboxylic acids is 1. The van der Waals surface area contributed by atoms with E-state index < -0.39 is 17.4 Å². The third kappa shape index (κ3) is 12.7. The van der Waals surface area contributed by atoms with Crippen LogP contribution in [0.25, 0.3) is 0 Å². The minimum Gasteiger partial charge on any atom is -0.489 e. The molecule has 250 valence electrons. The summed E-state index contributed by atoms with van der Waals surface area (Å²) in [6, 6.07) is 36.1. The third-order valence-corrected chi connectivity index (χ3v) is 8.42. The molecule has 6 nitrogen and oxygen atoms in total. The number of carboxylic acids is 1. The maximum absolute atomic E-state index is 12.8. The summed E-state index contributed by atoms with van der Waals surface area (Å²) in [5.74, 6) is -0.0806. The van der Waals surface area contributed by atoms with E-state index in [-0.39, 0.29) is 18.9 Å². The van der Waals surface area contributed by atoms with Crippen LogP contribution in [-0.4, -0.2) is 27.6 Å². The van der Waals surface area contributed by atoms with Crippen LogP contribution < -0.4 is 9.47 Å². The summed E-state index contributed by atoms with van der Waals surface area (Å²) in [5.41, 5.74) is 3.01. The van der Waals surface area contributed by atoms with Gasteiger partial charge in [-0.2, -0.15) is 0 Å². The zero-order chi connectivity index (χ0) is 33.9. The Morgan fingerprint density at radius 1 is 0.702 bits per heavy atom. The molecule has 4 rings (SSSR count). The summed E-state index contributed by atoms with van der Waals surface area (Å²) < 4.78 is 18.2. The fourth-order valence-corrected chi connectivity index (χ4v) is 5.59. The van der Waals surface area contributed by atoms with Crippen LogP contribution in [0.5, 0.6) is 11.5 Å². The van der Waals surface area contributed by atoms with Gasteiger partial charge in [-0.05, 0) is 85.5 Å². The van der Waals surface area contributed by atoms with Crippen LogP contribution in [0.4, 0.5) is 0 Å². The predicted octanol–water partition coefficient (Wildman–Crippen LogP) is 9.65. The number of hydrogen-bond donors (Lipinski definition) is 1. The zero-order valence-electron chi connectivity index (χ0n) is 27.7. The Morgan fingerprint density at radius 3 is 1.64 bits per heavy atom. The van der Waals surface area contributed by atoms with Crippen molar-refractivity contribution in [2.45, 2.75) is 78.6 Å². The molecule has 0 spiro atoms. The van der Waals surface area contributed by atoms with Crippen LogP contribution in [-0.2, 0) is 40.4 Å². The molecule has 0 heterocycles. The van der Waals surface area contributed by atoms with Crippen LogP contribution in [0.1, 0.15) is 68.7 Å². The lowest BCUT2D eigenvalue weighted by atomic mass is 9.78. The number of alkyl halides is 1. The Balaban J connectivity index is 0.000000297. The Hall–Kier alpha value is -3.85. The second-order valence-electron chi connectivity index (χ2n) is 11.5. The van der Waals surface area contributed by atoms with Gasteiger partial charge in [0.2, 0.25) is 0 Å². The van der Waals surface area contributed by atoms with Gasteiger partial charge in [0, 0.05) is 4.43 Å². The summed E-state index contributed by atoms with van der Waals surface area (Å²) in [4.78, 5) is 24.9. The molecule has 0 bridgehead atoms. The summed E-state index contributed by atoms with van der Waals surface area (Å²) in [6.45, 7) is 6.66. The van der Waals surface area contributed by atoms with Gasteiger partial charge in [-0.1, -0.05) is 128 Å². The van der Waals surface area contributed by atoms with E-state index >= 15 is 0 Å². The lowest BCUT2D eigenvalue weighted by Gasteiger charge is -2.28. The van der Waals surface area contributed by atoms with Gasteiger partial charge in [-0.3, -0.25) is 9.59 Å². The molecule has 0 aliphatic heterocycles. The number of halogens is 1. The first-order chi connectivity index (χ1) is 22.8. The molecule has 0 radical (unpaired) electrons. The quantitative estimate of drug-likeness (QED) is 0.0501. The van der Waals surface area contributed by atoms with E-state index in [0.717, 1.165) is 33.5 Å². The minimum absolute atomic E-state index is 0.188. The number of carbonyl (C=O) groups excluding carboxylic acids is 1. The molecule has 2 atom stereocenters. The highest BCUT2D eigenvalue weighted by Crippen LogP contribution is 2.33. The molecule has 4 aromatic carbocycles. The van der Waals surface area contributed by atoms with Gasteiger partial charge in [0.1, 0.15) is 24.7 Å². The van der Waals surface area contributed by atoms with E-state index in [1.54, 1.807) is 6.92 Å². The summed E-state index contributed by atoms with van der Waals surface area (Å²) in [6.07, 6.45) is 2.92. The highest BCUT2D eigenvalue weighted by molar-refractivity contribution is 14.1. The molecule has 4 aromatic rings. The predicted molar refractivity (Wildman–Crippen MR) is 196 cm³/mol. The van der Waals surface area contributed by atoms with Crippen molar-refractivity contribution in [3.05, 3.63) is 131 Å². The molecule has 1 N–H and O–H groups in total. The first kappa shape index (κ1) is 37.6.